The minimum atomic E-state index is -0.189. The molecule has 0 bridgehead atoms. The molecular weight excluding hydrogens is 309 g/mol. The number of nitrogens with one attached hydrogen (secondary N) is 1. The van der Waals surface area contributed by atoms with Gasteiger partial charge in [0.05, 0.1) is 15.9 Å². The first-order valence-electron chi connectivity index (χ1n) is 6.21. The first kappa shape index (κ1) is 14.2. The summed E-state index contributed by atoms with van der Waals surface area (Å²) in [6.07, 6.45) is 0.884. The van der Waals surface area contributed by atoms with Gasteiger partial charge in [0.2, 0.25) is 0 Å². The number of nitrogens with zero attached hydrogens (tertiary/aromatic N) is 2. The maximum atomic E-state index is 12.8. The minimum absolute atomic E-state index is 0.189. The van der Waals surface area contributed by atoms with Crippen LogP contribution in [0.2, 0.25) is 0 Å². The van der Waals surface area contributed by atoms with E-state index in [1.807, 2.05) is 30.8 Å². The SMILES string of the molecule is Cc1nn(C)c(CNCCc2ccc(F)cc2)c1Br. The van der Waals surface area contributed by atoms with Crippen LogP contribution in [0.25, 0.3) is 0 Å². The molecule has 1 aromatic carbocycles. The topological polar surface area (TPSA) is 29.9 Å². The Kier molecular flexibility index (Phi) is 4.71. The van der Waals surface area contributed by atoms with E-state index in [1.54, 1.807) is 0 Å². The van der Waals surface area contributed by atoms with Gasteiger partial charge in [0, 0.05) is 13.6 Å². The van der Waals surface area contributed by atoms with Gasteiger partial charge in [-0.25, -0.2) is 4.39 Å². The third kappa shape index (κ3) is 3.64. The van der Waals surface area contributed by atoms with Gasteiger partial charge < -0.3 is 5.32 Å². The number of rotatable bonds is 5. The molecule has 2 aromatic rings. The van der Waals surface area contributed by atoms with E-state index in [-0.39, 0.29) is 5.82 Å². The van der Waals surface area contributed by atoms with Gasteiger partial charge in [-0.1, -0.05) is 12.1 Å². The van der Waals surface area contributed by atoms with Crippen LogP contribution >= 0.6 is 15.9 Å². The zero-order valence-corrected chi connectivity index (χ0v) is 12.7. The van der Waals surface area contributed by atoms with Gasteiger partial charge in [0.15, 0.2) is 0 Å². The lowest BCUT2D eigenvalue weighted by molar-refractivity contribution is 0.618. The van der Waals surface area contributed by atoms with Crippen LogP contribution in [0.3, 0.4) is 0 Å². The molecule has 0 amide bonds. The van der Waals surface area contributed by atoms with Crippen molar-refractivity contribution in [2.75, 3.05) is 6.54 Å². The van der Waals surface area contributed by atoms with Gasteiger partial charge in [-0.15, -0.1) is 0 Å². The second-order valence-electron chi connectivity index (χ2n) is 4.52. The lowest BCUT2D eigenvalue weighted by Crippen LogP contribution is -2.18. The smallest absolute Gasteiger partial charge is 0.123 e. The summed E-state index contributed by atoms with van der Waals surface area (Å²) >= 11 is 3.54. The van der Waals surface area contributed by atoms with Crippen molar-refractivity contribution in [1.29, 1.82) is 0 Å². The third-order valence-electron chi connectivity index (χ3n) is 3.06. The van der Waals surface area contributed by atoms with Crippen molar-refractivity contribution in [3.63, 3.8) is 0 Å². The average molecular weight is 326 g/mol. The van der Waals surface area contributed by atoms with Crippen LogP contribution < -0.4 is 5.32 Å². The fourth-order valence-electron chi connectivity index (χ4n) is 1.96. The van der Waals surface area contributed by atoms with Gasteiger partial charge in [-0.05, 0) is 53.5 Å². The summed E-state index contributed by atoms with van der Waals surface area (Å²) in [5.74, 6) is -0.189. The highest BCUT2D eigenvalue weighted by molar-refractivity contribution is 9.10. The van der Waals surface area contributed by atoms with Crippen molar-refractivity contribution in [3.8, 4) is 0 Å². The van der Waals surface area contributed by atoms with Crippen LogP contribution in [0.5, 0.6) is 0 Å². The van der Waals surface area contributed by atoms with E-state index < -0.39 is 0 Å². The van der Waals surface area contributed by atoms with E-state index in [0.29, 0.717) is 0 Å². The molecule has 0 radical (unpaired) electrons. The molecule has 1 heterocycles. The van der Waals surface area contributed by atoms with Crippen LogP contribution in [0.15, 0.2) is 28.7 Å². The molecule has 19 heavy (non-hydrogen) atoms. The van der Waals surface area contributed by atoms with Crippen molar-refractivity contribution in [2.45, 2.75) is 19.9 Å². The van der Waals surface area contributed by atoms with Gasteiger partial charge in [-0.2, -0.15) is 5.10 Å². The van der Waals surface area contributed by atoms with E-state index >= 15 is 0 Å². The van der Waals surface area contributed by atoms with Crippen LogP contribution in [0.4, 0.5) is 4.39 Å². The molecule has 0 fully saturated rings. The van der Waals surface area contributed by atoms with Crippen LogP contribution in [0, 0.1) is 12.7 Å². The highest BCUT2D eigenvalue weighted by atomic mass is 79.9. The van der Waals surface area contributed by atoms with E-state index in [4.69, 9.17) is 0 Å². The summed E-state index contributed by atoms with van der Waals surface area (Å²) in [7, 11) is 1.94. The van der Waals surface area contributed by atoms with Gasteiger partial charge in [0.1, 0.15) is 5.82 Å². The van der Waals surface area contributed by atoms with Crippen molar-refractivity contribution in [2.24, 2.45) is 7.05 Å². The minimum Gasteiger partial charge on any atom is -0.311 e. The lowest BCUT2D eigenvalue weighted by atomic mass is 10.1. The van der Waals surface area contributed by atoms with Crippen LogP contribution in [0.1, 0.15) is 17.0 Å². The van der Waals surface area contributed by atoms with Crippen molar-refractivity contribution < 1.29 is 4.39 Å². The molecule has 1 aromatic heterocycles. The Bertz CT molecular complexity index is 549. The molecule has 2 rings (SSSR count). The first-order chi connectivity index (χ1) is 9.08. The zero-order chi connectivity index (χ0) is 13.8. The molecule has 0 aliphatic carbocycles. The third-order valence-corrected chi connectivity index (χ3v) is 4.09. The van der Waals surface area contributed by atoms with Crippen molar-refractivity contribution in [1.82, 2.24) is 15.1 Å². The molecule has 0 aliphatic rings. The first-order valence-corrected chi connectivity index (χ1v) is 7.00. The summed E-state index contributed by atoms with van der Waals surface area (Å²) in [4.78, 5) is 0. The Morgan fingerprint density at radius 2 is 2.00 bits per heavy atom. The molecule has 0 unspecified atom stereocenters. The Morgan fingerprint density at radius 3 is 2.58 bits per heavy atom. The molecule has 0 spiro atoms. The van der Waals surface area contributed by atoms with E-state index in [2.05, 4.69) is 26.3 Å². The molecule has 5 heteroatoms. The van der Waals surface area contributed by atoms with Crippen LogP contribution in [-0.4, -0.2) is 16.3 Å². The Hall–Kier alpha value is -1.20. The summed E-state index contributed by atoms with van der Waals surface area (Å²) in [6, 6.07) is 6.63. The summed E-state index contributed by atoms with van der Waals surface area (Å²) in [6.45, 7) is 3.59. The maximum Gasteiger partial charge on any atom is 0.123 e. The fourth-order valence-corrected chi connectivity index (χ4v) is 2.44. The van der Waals surface area contributed by atoms with E-state index in [1.165, 1.54) is 12.1 Å². The predicted octanol–water partition coefficient (Wildman–Crippen LogP) is 2.96. The molecule has 0 saturated heterocycles. The standard InChI is InChI=1S/C14H17BrFN3/c1-10-14(15)13(19(2)18-10)9-17-8-7-11-3-5-12(16)6-4-11/h3-6,17H,7-9H2,1-2H3. The zero-order valence-electron chi connectivity index (χ0n) is 11.1. The molecule has 1 N–H and O–H groups in total. The summed E-state index contributed by atoms with van der Waals surface area (Å²) in [5, 5.41) is 7.72. The van der Waals surface area contributed by atoms with Crippen LogP contribution in [-0.2, 0) is 20.0 Å². The fraction of sp³-hybridized carbons (Fsp3) is 0.357. The normalized spacial score (nSPS) is 10.9. The second-order valence-corrected chi connectivity index (χ2v) is 5.32. The number of aryl methyl sites for hydroxylation is 2. The number of benzene rings is 1. The molecule has 102 valence electrons. The lowest BCUT2D eigenvalue weighted by Gasteiger charge is -2.06. The molecule has 0 saturated carbocycles. The highest BCUT2D eigenvalue weighted by Gasteiger charge is 2.09. The van der Waals surface area contributed by atoms with Gasteiger partial charge in [0.25, 0.3) is 0 Å². The van der Waals surface area contributed by atoms with Crippen molar-refractivity contribution >= 4 is 15.9 Å². The maximum absolute atomic E-state index is 12.8. The average Bonchev–Trinajstić information content (AvgIpc) is 2.62. The number of hydrogen-bond donors (Lipinski definition) is 1. The van der Waals surface area contributed by atoms with E-state index in [0.717, 1.165) is 40.9 Å². The van der Waals surface area contributed by atoms with E-state index in [9.17, 15) is 4.39 Å². The summed E-state index contributed by atoms with van der Waals surface area (Å²) in [5.41, 5.74) is 3.27. The summed E-state index contributed by atoms with van der Waals surface area (Å²) < 4.78 is 15.7. The molecule has 3 nitrogen and oxygen atoms in total. The Morgan fingerprint density at radius 1 is 1.32 bits per heavy atom. The monoisotopic (exact) mass is 325 g/mol. The number of aromatic nitrogens is 2. The Balaban J connectivity index is 1.82. The largest absolute Gasteiger partial charge is 0.311 e. The molecule has 0 atom stereocenters. The predicted molar refractivity (Wildman–Crippen MR) is 77.5 cm³/mol. The number of hydrogen-bond acceptors (Lipinski definition) is 2. The molecule has 0 aliphatic heterocycles. The quantitative estimate of drug-likeness (QED) is 0.856. The molecular formula is C14H17BrFN3. The Labute approximate surface area is 121 Å². The van der Waals surface area contributed by atoms with Gasteiger partial charge in [-0.3, -0.25) is 4.68 Å². The highest BCUT2D eigenvalue weighted by Crippen LogP contribution is 2.19. The van der Waals surface area contributed by atoms with Gasteiger partial charge >= 0.3 is 0 Å². The van der Waals surface area contributed by atoms with Crippen molar-refractivity contribution in [3.05, 3.63) is 51.5 Å². The number of halogens is 2. The second kappa shape index (κ2) is 6.30.